The number of nitrogens with one attached hydrogen (secondary N) is 1. The van der Waals surface area contributed by atoms with E-state index in [1.807, 2.05) is 13.8 Å². The molecule has 0 radical (unpaired) electrons. The third-order valence-electron chi connectivity index (χ3n) is 2.25. The van der Waals surface area contributed by atoms with Crippen LogP contribution in [0.5, 0.6) is 0 Å². The second-order valence-electron chi connectivity index (χ2n) is 3.44. The number of halogens is 1. The van der Waals surface area contributed by atoms with Gasteiger partial charge in [-0.3, -0.25) is 0 Å². The highest BCUT2D eigenvalue weighted by molar-refractivity contribution is 5.58. The zero-order chi connectivity index (χ0) is 12.0. The van der Waals surface area contributed by atoms with E-state index in [0.717, 1.165) is 12.1 Å². The van der Waals surface area contributed by atoms with Gasteiger partial charge in [0, 0.05) is 17.7 Å². The SMILES string of the molecule is C=C(OCC)c1ccc(F)c(CNCC)c1. The van der Waals surface area contributed by atoms with Crippen LogP contribution in [0, 0.1) is 5.82 Å². The topological polar surface area (TPSA) is 21.3 Å². The normalized spacial score (nSPS) is 10.2. The van der Waals surface area contributed by atoms with Crippen molar-refractivity contribution < 1.29 is 9.13 Å². The van der Waals surface area contributed by atoms with Crippen LogP contribution >= 0.6 is 0 Å². The maximum Gasteiger partial charge on any atom is 0.127 e. The molecule has 2 nitrogen and oxygen atoms in total. The summed E-state index contributed by atoms with van der Waals surface area (Å²) in [6, 6.07) is 4.91. The molecule has 0 unspecified atom stereocenters. The van der Waals surface area contributed by atoms with Crippen molar-refractivity contribution in [2.45, 2.75) is 20.4 Å². The molecule has 0 saturated carbocycles. The van der Waals surface area contributed by atoms with Gasteiger partial charge in [-0.2, -0.15) is 0 Å². The van der Waals surface area contributed by atoms with Crippen molar-refractivity contribution in [2.24, 2.45) is 0 Å². The molecule has 1 rings (SSSR count). The summed E-state index contributed by atoms with van der Waals surface area (Å²) in [5, 5.41) is 3.09. The lowest BCUT2D eigenvalue weighted by Gasteiger charge is -2.10. The van der Waals surface area contributed by atoms with E-state index in [4.69, 9.17) is 4.74 Å². The van der Waals surface area contributed by atoms with Crippen LogP contribution in [0.2, 0.25) is 0 Å². The van der Waals surface area contributed by atoms with E-state index in [0.29, 0.717) is 24.5 Å². The fourth-order valence-electron chi connectivity index (χ4n) is 1.40. The minimum absolute atomic E-state index is 0.200. The van der Waals surface area contributed by atoms with Crippen LogP contribution in [0.1, 0.15) is 25.0 Å². The molecule has 1 aromatic rings. The van der Waals surface area contributed by atoms with Gasteiger partial charge < -0.3 is 10.1 Å². The molecule has 1 aromatic carbocycles. The first kappa shape index (κ1) is 12.7. The molecule has 1 N–H and O–H groups in total. The lowest BCUT2D eigenvalue weighted by atomic mass is 10.1. The second kappa shape index (κ2) is 6.28. The Bertz CT molecular complexity index is 363. The molecule has 0 atom stereocenters. The van der Waals surface area contributed by atoms with E-state index in [-0.39, 0.29) is 5.82 Å². The Morgan fingerprint density at radius 3 is 2.81 bits per heavy atom. The molecule has 0 aromatic heterocycles. The maximum absolute atomic E-state index is 13.4. The zero-order valence-corrected chi connectivity index (χ0v) is 9.85. The molecule has 0 aliphatic carbocycles. The van der Waals surface area contributed by atoms with E-state index in [1.165, 1.54) is 6.07 Å². The van der Waals surface area contributed by atoms with Gasteiger partial charge in [-0.05, 0) is 31.7 Å². The first-order chi connectivity index (χ1) is 7.69. The summed E-state index contributed by atoms with van der Waals surface area (Å²) in [6.45, 7) is 9.59. The second-order valence-corrected chi connectivity index (χ2v) is 3.44. The number of ether oxygens (including phenoxy) is 1. The van der Waals surface area contributed by atoms with Gasteiger partial charge in [-0.15, -0.1) is 0 Å². The first-order valence-electron chi connectivity index (χ1n) is 5.50. The van der Waals surface area contributed by atoms with Crippen molar-refractivity contribution >= 4 is 5.76 Å². The van der Waals surface area contributed by atoms with Crippen molar-refractivity contribution in [3.05, 3.63) is 41.7 Å². The average molecular weight is 223 g/mol. The van der Waals surface area contributed by atoms with Crippen molar-refractivity contribution in [1.29, 1.82) is 0 Å². The number of hydrogen-bond acceptors (Lipinski definition) is 2. The van der Waals surface area contributed by atoms with Gasteiger partial charge in [-0.25, -0.2) is 4.39 Å². The Kier molecular flexibility index (Phi) is 4.99. The summed E-state index contributed by atoms with van der Waals surface area (Å²) in [5.74, 6) is 0.384. The van der Waals surface area contributed by atoms with Crippen LogP contribution in [0.4, 0.5) is 4.39 Å². The molecule has 0 spiro atoms. The Morgan fingerprint density at radius 2 is 2.19 bits per heavy atom. The summed E-state index contributed by atoms with van der Waals surface area (Å²) in [6.07, 6.45) is 0. The minimum Gasteiger partial charge on any atom is -0.494 e. The Labute approximate surface area is 96.1 Å². The molecule has 88 valence electrons. The average Bonchev–Trinajstić information content (AvgIpc) is 2.28. The van der Waals surface area contributed by atoms with Gasteiger partial charge >= 0.3 is 0 Å². The molecule has 0 saturated heterocycles. The Morgan fingerprint density at radius 1 is 1.44 bits per heavy atom. The third kappa shape index (κ3) is 3.35. The van der Waals surface area contributed by atoms with Gasteiger partial charge in [0.05, 0.1) is 6.61 Å². The summed E-state index contributed by atoms with van der Waals surface area (Å²) >= 11 is 0. The summed E-state index contributed by atoms with van der Waals surface area (Å²) in [4.78, 5) is 0. The molecule has 3 heteroatoms. The summed E-state index contributed by atoms with van der Waals surface area (Å²) in [7, 11) is 0. The molecule has 0 heterocycles. The van der Waals surface area contributed by atoms with Crippen LogP contribution in [-0.2, 0) is 11.3 Å². The maximum atomic E-state index is 13.4. The monoisotopic (exact) mass is 223 g/mol. The quantitative estimate of drug-likeness (QED) is 0.749. The number of benzene rings is 1. The minimum atomic E-state index is -0.200. The fourth-order valence-corrected chi connectivity index (χ4v) is 1.40. The predicted molar refractivity (Wildman–Crippen MR) is 64.4 cm³/mol. The first-order valence-corrected chi connectivity index (χ1v) is 5.50. The van der Waals surface area contributed by atoms with E-state index in [2.05, 4.69) is 11.9 Å². The third-order valence-corrected chi connectivity index (χ3v) is 2.25. The largest absolute Gasteiger partial charge is 0.494 e. The van der Waals surface area contributed by atoms with Crippen molar-refractivity contribution in [1.82, 2.24) is 5.32 Å². The highest BCUT2D eigenvalue weighted by atomic mass is 19.1. The van der Waals surface area contributed by atoms with Crippen LogP contribution < -0.4 is 5.32 Å². The van der Waals surface area contributed by atoms with Gasteiger partial charge in [0.25, 0.3) is 0 Å². The van der Waals surface area contributed by atoms with Crippen LogP contribution in [0.25, 0.3) is 5.76 Å². The molecule has 0 bridgehead atoms. The standard InChI is InChI=1S/C13H18FNO/c1-4-15-9-12-8-11(6-7-13(12)14)10(3)16-5-2/h6-8,15H,3-5,9H2,1-2H3. The molecule has 0 aliphatic heterocycles. The lowest BCUT2D eigenvalue weighted by molar-refractivity contribution is 0.299. The lowest BCUT2D eigenvalue weighted by Crippen LogP contribution is -2.13. The van der Waals surface area contributed by atoms with Crippen molar-refractivity contribution in [2.75, 3.05) is 13.2 Å². The number of rotatable bonds is 6. The van der Waals surface area contributed by atoms with Crippen LogP contribution in [0.3, 0.4) is 0 Å². The smallest absolute Gasteiger partial charge is 0.127 e. The Balaban J connectivity index is 2.84. The van der Waals surface area contributed by atoms with E-state index < -0.39 is 0 Å². The summed E-state index contributed by atoms with van der Waals surface area (Å²) < 4.78 is 18.7. The van der Waals surface area contributed by atoms with E-state index in [9.17, 15) is 4.39 Å². The van der Waals surface area contributed by atoms with Gasteiger partial charge in [0.1, 0.15) is 11.6 Å². The van der Waals surface area contributed by atoms with Crippen molar-refractivity contribution in [3.63, 3.8) is 0 Å². The highest BCUT2D eigenvalue weighted by Crippen LogP contribution is 2.17. The van der Waals surface area contributed by atoms with E-state index >= 15 is 0 Å². The Hall–Kier alpha value is -1.35. The fraction of sp³-hybridized carbons (Fsp3) is 0.385. The molecule has 0 amide bonds. The van der Waals surface area contributed by atoms with Crippen molar-refractivity contribution in [3.8, 4) is 0 Å². The molecule has 0 fully saturated rings. The zero-order valence-electron chi connectivity index (χ0n) is 9.85. The summed E-state index contributed by atoms with van der Waals surface area (Å²) in [5.41, 5.74) is 1.47. The predicted octanol–water partition coefficient (Wildman–Crippen LogP) is 2.94. The highest BCUT2D eigenvalue weighted by Gasteiger charge is 2.05. The van der Waals surface area contributed by atoms with Crippen LogP contribution in [0.15, 0.2) is 24.8 Å². The van der Waals surface area contributed by atoms with E-state index in [1.54, 1.807) is 12.1 Å². The van der Waals surface area contributed by atoms with Gasteiger partial charge in [0.2, 0.25) is 0 Å². The van der Waals surface area contributed by atoms with Gasteiger partial charge in [-0.1, -0.05) is 13.5 Å². The van der Waals surface area contributed by atoms with Gasteiger partial charge in [0.15, 0.2) is 0 Å². The molecule has 0 aliphatic rings. The van der Waals surface area contributed by atoms with Crippen LogP contribution in [-0.4, -0.2) is 13.2 Å². The number of hydrogen-bond donors (Lipinski definition) is 1. The molecular weight excluding hydrogens is 205 g/mol. The molecule has 16 heavy (non-hydrogen) atoms. The molecular formula is C13H18FNO.